The van der Waals surface area contributed by atoms with E-state index in [0.717, 1.165) is 0 Å². The number of halogens is 2. The number of benzene rings is 2. The van der Waals surface area contributed by atoms with Gasteiger partial charge >= 0.3 is 0 Å². The van der Waals surface area contributed by atoms with Crippen molar-refractivity contribution in [2.45, 2.75) is 25.8 Å². The zero-order chi connectivity index (χ0) is 16.7. The van der Waals surface area contributed by atoms with Crippen LogP contribution < -0.4 is 15.8 Å². The molecule has 0 spiro atoms. The van der Waals surface area contributed by atoms with Crippen LogP contribution in [0.25, 0.3) is 0 Å². The first-order chi connectivity index (χ1) is 11.1. The number of carbonyl (C=O) groups is 1. The van der Waals surface area contributed by atoms with Crippen molar-refractivity contribution in [1.29, 1.82) is 0 Å². The maximum atomic E-state index is 14.2. The van der Waals surface area contributed by atoms with Gasteiger partial charge in [-0.15, -0.1) is 12.4 Å². The summed E-state index contributed by atoms with van der Waals surface area (Å²) in [6.45, 7) is 2.29. The lowest BCUT2D eigenvalue weighted by Crippen LogP contribution is -2.27. The van der Waals surface area contributed by atoms with Crippen molar-refractivity contribution in [3.63, 3.8) is 0 Å². The number of hydrogen-bond acceptors (Lipinski definition) is 3. The zero-order valence-electron chi connectivity index (χ0n) is 13.5. The minimum Gasteiger partial charge on any atom is -0.454 e. The largest absolute Gasteiger partial charge is 0.454 e. The monoisotopic (exact) mass is 352 g/mol. The Labute approximate surface area is 147 Å². The molecular weight excluding hydrogens is 331 g/mol. The molecule has 2 aromatic carbocycles. The van der Waals surface area contributed by atoms with Gasteiger partial charge in [-0.1, -0.05) is 24.3 Å². The van der Waals surface area contributed by atoms with Gasteiger partial charge in [-0.3, -0.25) is 4.79 Å². The molecule has 0 aliphatic rings. The van der Waals surface area contributed by atoms with Crippen LogP contribution in [0.15, 0.2) is 48.5 Å². The van der Waals surface area contributed by atoms with E-state index in [1.165, 1.54) is 6.07 Å². The Morgan fingerprint density at radius 3 is 2.58 bits per heavy atom. The molecule has 0 fully saturated rings. The number of amides is 1. The van der Waals surface area contributed by atoms with E-state index in [4.69, 9.17) is 10.5 Å². The Balaban J connectivity index is 0.00000288. The van der Waals surface area contributed by atoms with E-state index >= 15 is 0 Å². The zero-order valence-corrected chi connectivity index (χ0v) is 14.3. The second kappa shape index (κ2) is 9.90. The minimum atomic E-state index is -0.464. The molecule has 0 aliphatic heterocycles. The Hall–Kier alpha value is -2.11. The van der Waals surface area contributed by atoms with Gasteiger partial charge in [0.15, 0.2) is 11.6 Å². The Morgan fingerprint density at radius 1 is 1.25 bits per heavy atom. The fraction of sp³-hybridized carbons (Fsp3) is 0.278. The van der Waals surface area contributed by atoms with Gasteiger partial charge in [-0.25, -0.2) is 4.39 Å². The van der Waals surface area contributed by atoms with Crippen LogP contribution in [0.1, 0.15) is 31.4 Å². The fourth-order valence-electron chi connectivity index (χ4n) is 2.14. The Kier molecular flexibility index (Phi) is 8.22. The van der Waals surface area contributed by atoms with Crippen LogP contribution in [0, 0.1) is 5.82 Å². The maximum Gasteiger partial charge on any atom is 0.220 e. The van der Waals surface area contributed by atoms with E-state index in [1.807, 2.05) is 25.1 Å². The average molecular weight is 353 g/mol. The molecule has 0 bridgehead atoms. The first-order valence-corrected chi connectivity index (χ1v) is 7.62. The number of ether oxygens (including phenoxy) is 1. The van der Waals surface area contributed by atoms with Gasteiger partial charge in [0, 0.05) is 6.42 Å². The molecule has 2 aromatic rings. The molecule has 1 amide bonds. The topological polar surface area (TPSA) is 64.4 Å². The Morgan fingerprint density at radius 2 is 1.96 bits per heavy atom. The fourth-order valence-corrected chi connectivity index (χ4v) is 2.14. The highest BCUT2D eigenvalue weighted by Gasteiger charge is 2.12. The molecule has 0 saturated carbocycles. The highest BCUT2D eigenvalue weighted by atomic mass is 35.5. The van der Waals surface area contributed by atoms with Crippen LogP contribution in [0.3, 0.4) is 0 Å². The smallest absolute Gasteiger partial charge is 0.220 e. The lowest BCUT2D eigenvalue weighted by Gasteiger charge is -2.15. The molecule has 6 heteroatoms. The SMILES string of the molecule is CC(NC(=O)CCCN)c1ccc(Oc2ccccc2)c(F)c1.Cl. The molecule has 24 heavy (non-hydrogen) atoms. The third-order valence-electron chi connectivity index (χ3n) is 3.41. The number of nitrogens with two attached hydrogens (primary N) is 1. The highest BCUT2D eigenvalue weighted by Crippen LogP contribution is 2.26. The van der Waals surface area contributed by atoms with Crippen molar-refractivity contribution in [2.75, 3.05) is 6.54 Å². The summed E-state index contributed by atoms with van der Waals surface area (Å²) in [5.41, 5.74) is 6.06. The Bertz CT molecular complexity index is 653. The summed E-state index contributed by atoms with van der Waals surface area (Å²) in [6.07, 6.45) is 1.01. The average Bonchev–Trinajstić information content (AvgIpc) is 2.55. The van der Waals surface area contributed by atoms with E-state index in [1.54, 1.807) is 24.3 Å². The number of para-hydroxylation sites is 1. The summed E-state index contributed by atoms with van der Waals surface area (Å²) in [7, 11) is 0. The second-order valence-corrected chi connectivity index (χ2v) is 5.29. The molecule has 0 radical (unpaired) electrons. The van der Waals surface area contributed by atoms with Crippen molar-refractivity contribution in [3.8, 4) is 11.5 Å². The molecule has 4 nitrogen and oxygen atoms in total. The standard InChI is InChI=1S/C18H21FN2O2.ClH/c1-13(21-18(22)8-5-11-20)14-9-10-17(16(19)12-14)23-15-6-3-2-4-7-15;/h2-4,6-7,9-10,12-13H,5,8,11,20H2,1H3,(H,21,22);1H. The first-order valence-electron chi connectivity index (χ1n) is 7.62. The third kappa shape index (κ3) is 5.83. The predicted molar refractivity (Wildman–Crippen MR) is 95.0 cm³/mol. The predicted octanol–water partition coefficient (Wildman–Crippen LogP) is 3.96. The molecule has 3 N–H and O–H groups in total. The summed E-state index contributed by atoms with van der Waals surface area (Å²) in [4.78, 5) is 11.7. The second-order valence-electron chi connectivity index (χ2n) is 5.29. The van der Waals surface area contributed by atoms with Crippen molar-refractivity contribution in [2.24, 2.45) is 5.73 Å². The van der Waals surface area contributed by atoms with Crippen LogP contribution in [-0.2, 0) is 4.79 Å². The first kappa shape index (κ1) is 19.9. The van der Waals surface area contributed by atoms with Crippen LogP contribution in [0.2, 0.25) is 0 Å². The summed E-state index contributed by atoms with van der Waals surface area (Å²) >= 11 is 0. The molecule has 1 unspecified atom stereocenters. The van der Waals surface area contributed by atoms with E-state index in [-0.39, 0.29) is 30.1 Å². The van der Waals surface area contributed by atoms with E-state index in [0.29, 0.717) is 30.7 Å². The van der Waals surface area contributed by atoms with Gasteiger partial charge < -0.3 is 15.8 Å². The molecule has 2 rings (SSSR count). The number of nitrogens with one attached hydrogen (secondary N) is 1. The summed E-state index contributed by atoms with van der Waals surface area (Å²) in [5.74, 6) is 0.172. The lowest BCUT2D eigenvalue weighted by atomic mass is 10.1. The quantitative estimate of drug-likeness (QED) is 0.792. The maximum absolute atomic E-state index is 14.2. The van der Waals surface area contributed by atoms with Crippen molar-refractivity contribution in [1.82, 2.24) is 5.32 Å². The summed E-state index contributed by atoms with van der Waals surface area (Å²) in [5, 5.41) is 2.83. The van der Waals surface area contributed by atoms with E-state index < -0.39 is 5.82 Å². The number of carbonyl (C=O) groups excluding carboxylic acids is 1. The van der Waals surface area contributed by atoms with Gasteiger partial charge in [0.05, 0.1) is 6.04 Å². The number of rotatable bonds is 7. The van der Waals surface area contributed by atoms with Crippen molar-refractivity contribution < 1.29 is 13.9 Å². The molecule has 130 valence electrons. The van der Waals surface area contributed by atoms with Gasteiger partial charge in [-0.2, -0.15) is 0 Å². The molecule has 0 saturated heterocycles. The van der Waals surface area contributed by atoms with Crippen LogP contribution >= 0.6 is 12.4 Å². The molecule has 0 heterocycles. The van der Waals surface area contributed by atoms with Gasteiger partial charge in [0.1, 0.15) is 5.75 Å². The van der Waals surface area contributed by atoms with E-state index in [9.17, 15) is 9.18 Å². The van der Waals surface area contributed by atoms with Gasteiger partial charge in [-0.05, 0) is 49.7 Å². The number of hydrogen-bond donors (Lipinski definition) is 2. The lowest BCUT2D eigenvalue weighted by molar-refractivity contribution is -0.121. The van der Waals surface area contributed by atoms with Gasteiger partial charge in [0.25, 0.3) is 0 Å². The van der Waals surface area contributed by atoms with E-state index in [2.05, 4.69) is 5.32 Å². The van der Waals surface area contributed by atoms with Crippen LogP contribution in [0.4, 0.5) is 4.39 Å². The summed E-state index contributed by atoms with van der Waals surface area (Å²) < 4.78 is 19.7. The molecule has 0 aromatic heterocycles. The minimum absolute atomic E-state index is 0. The highest BCUT2D eigenvalue weighted by molar-refractivity contribution is 5.85. The molecular formula is C18H22ClFN2O2. The van der Waals surface area contributed by atoms with Crippen molar-refractivity contribution in [3.05, 3.63) is 59.9 Å². The van der Waals surface area contributed by atoms with Crippen LogP contribution in [-0.4, -0.2) is 12.5 Å². The third-order valence-corrected chi connectivity index (χ3v) is 3.41. The van der Waals surface area contributed by atoms with Gasteiger partial charge in [0.2, 0.25) is 5.91 Å². The van der Waals surface area contributed by atoms with Crippen LogP contribution in [0.5, 0.6) is 11.5 Å². The normalized spacial score (nSPS) is 11.3. The van der Waals surface area contributed by atoms with Crippen molar-refractivity contribution >= 4 is 18.3 Å². The molecule has 1 atom stereocenters. The summed E-state index contributed by atoms with van der Waals surface area (Å²) in [6, 6.07) is 13.4. The molecule has 0 aliphatic carbocycles.